The number of carbonyl (C=O) groups is 2. The molecule has 2 amide bonds. The average molecular weight is 446 g/mol. The number of anilines is 2. The summed E-state index contributed by atoms with van der Waals surface area (Å²) in [7, 11) is 1.95. The summed E-state index contributed by atoms with van der Waals surface area (Å²) in [6.07, 6.45) is 3.89. The molecule has 0 saturated carbocycles. The predicted octanol–water partition coefficient (Wildman–Crippen LogP) is 3.41. The van der Waals surface area contributed by atoms with Gasteiger partial charge in [-0.1, -0.05) is 25.1 Å². The molecular formula is C24H27N7O2. The van der Waals surface area contributed by atoms with E-state index in [4.69, 9.17) is 5.26 Å². The van der Waals surface area contributed by atoms with Crippen LogP contribution in [0.3, 0.4) is 0 Å². The number of benzene rings is 1. The Morgan fingerprint density at radius 3 is 2.82 bits per heavy atom. The highest BCUT2D eigenvalue weighted by Crippen LogP contribution is 2.30. The van der Waals surface area contributed by atoms with Gasteiger partial charge in [-0.15, -0.1) is 0 Å². The molecule has 3 heterocycles. The third-order valence-corrected chi connectivity index (χ3v) is 6.40. The fourth-order valence-electron chi connectivity index (χ4n) is 4.39. The molecule has 0 spiro atoms. The first-order valence-corrected chi connectivity index (χ1v) is 11.0. The van der Waals surface area contributed by atoms with E-state index in [1.807, 2.05) is 50.4 Å². The van der Waals surface area contributed by atoms with Crippen molar-refractivity contribution in [1.82, 2.24) is 19.4 Å². The van der Waals surface area contributed by atoms with Gasteiger partial charge < -0.3 is 15.1 Å². The molecule has 1 fully saturated rings. The van der Waals surface area contributed by atoms with Gasteiger partial charge in [-0.05, 0) is 37.0 Å². The number of aromatic nitrogens is 3. The Labute approximate surface area is 192 Å². The van der Waals surface area contributed by atoms with Crippen LogP contribution in [0.2, 0.25) is 0 Å². The van der Waals surface area contributed by atoms with Crippen LogP contribution in [-0.4, -0.2) is 57.6 Å². The molecule has 2 aromatic heterocycles. The summed E-state index contributed by atoms with van der Waals surface area (Å²) in [5.74, 6) is 0.890. The molecule has 9 nitrogen and oxygen atoms in total. The van der Waals surface area contributed by atoms with Crippen LogP contribution in [0.15, 0.2) is 42.9 Å². The third kappa shape index (κ3) is 4.37. The van der Waals surface area contributed by atoms with Crippen LogP contribution in [0.4, 0.5) is 16.3 Å². The van der Waals surface area contributed by atoms with Crippen molar-refractivity contribution >= 4 is 34.5 Å². The number of piperidine rings is 1. The number of aryl methyl sites for hydroxylation is 1. The topological polar surface area (TPSA) is 107 Å². The standard InChI is InChI=1S/C24H27N7O2/c1-16-6-4-5-7-19(16)28-24(33)31-13-10-18-22(26-15-27-23(18)31)29(3)20-14-30(12-9-17(20)2)21(32)8-11-25/h4-7,10,13,15,17,20H,8-9,12,14H2,1-3H3,(H,28,33)/t17-,20+/m1/s1. The molecule has 4 rings (SSSR count). The van der Waals surface area contributed by atoms with Gasteiger partial charge in [-0.25, -0.2) is 14.8 Å². The van der Waals surface area contributed by atoms with Gasteiger partial charge in [0.2, 0.25) is 5.91 Å². The maximum absolute atomic E-state index is 13.0. The monoisotopic (exact) mass is 445 g/mol. The number of nitriles is 1. The summed E-state index contributed by atoms with van der Waals surface area (Å²) in [6, 6.07) is 11.1. The summed E-state index contributed by atoms with van der Waals surface area (Å²) in [4.78, 5) is 37.9. The minimum absolute atomic E-state index is 0.0311. The Balaban J connectivity index is 1.60. The Bertz CT molecular complexity index is 1230. The highest BCUT2D eigenvalue weighted by Gasteiger charge is 2.32. The summed E-state index contributed by atoms with van der Waals surface area (Å²) in [5, 5.41) is 12.6. The normalized spacial score (nSPS) is 18.1. The van der Waals surface area contributed by atoms with Gasteiger partial charge >= 0.3 is 6.03 Å². The molecule has 9 heteroatoms. The van der Waals surface area contributed by atoms with E-state index in [1.165, 1.54) is 10.9 Å². The highest BCUT2D eigenvalue weighted by molar-refractivity contribution is 6.00. The first-order chi connectivity index (χ1) is 15.9. The summed E-state index contributed by atoms with van der Waals surface area (Å²) in [6.45, 7) is 5.28. The lowest BCUT2D eigenvalue weighted by Crippen LogP contribution is -2.52. The number of hydrogen-bond donors (Lipinski definition) is 1. The van der Waals surface area contributed by atoms with E-state index in [9.17, 15) is 9.59 Å². The second-order valence-corrected chi connectivity index (χ2v) is 8.48. The second kappa shape index (κ2) is 9.28. The fraction of sp³-hybridized carbons (Fsp3) is 0.375. The van der Waals surface area contributed by atoms with Crippen molar-refractivity contribution in [2.45, 2.75) is 32.7 Å². The molecule has 0 aliphatic carbocycles. The lowest BCUT2D eigenvalue weighted by molar-refractivity contribution is -0.131. The zero-order valence-corrected chi connectivity index (χ0v) is 19.0. The van der Waals surface area contributed by atoms with E-state index < -0.39 is 0 Å². The SMILES string of the molecule is Cc1ccccc1NC(=O)n1ccc2c(N(C)[C@H]3CN(C(=O)CC#N)CC[C@H]3C)ncnc21. The number of carbonyl (C=O) groups excluding carboxylic acids is 2. The predicted molar refractivity (Wildman–Crippen MR) is 126 cm³/mol. The van der Waals surface area contributed by atoms with Gasteiger partial charge in [0.25, 0.3) is 0 Å². The molecule has 33 heavy (non-hydrogen) atoms. The molecule has 1 aromatic carbocycles. The summed E-state index contributed by atoms with van der Waals surface area (Å²) in [5.41, 5.74) is 2.23. The molecule has 1 aliphatic rings. The molecule has 0 unspecified atom stereocenters. The highest BCUT2D eigenvalue weighted by atomic mass is 16.2. The maximum atomic E-state index is 13.0. The van der Waals surface area contributed by atoms with Crippen LogP contribution in [0, 0.1) is 24.2 Å². The minimum atomic E-state index is -0.300. The van der Waals surface area contributed by atoms with Crippen LogP contribution in [0.25, 0.3) is 11.0 Å². The number of likely N-dealkylation sites (N-methyl/N-ethyl adjacent to an activating group) is 1. The molecule has 0 bridgehead atoms. The van der Waals surface area contributed by atoms with E-state index in [-0.39, 0.29) is 24.4 Å². The number of amides is 2. The van der Waals surface area contributed by atoms with Crippen LogP contribution in [-0.2, 0) is 4.79 Å². The van der Waals surface area contributed by atoms with Crippen molar-refractivity contribution in [3.63, 3.8) is 0 Å². The Kier molecular flexibility index (Phi) is 6.27. The Morgan fingerprint density at radius 2 is 2.06 bits per heavy atom. The first-order valence-electron chi connectivity index (χ1n) is 11.0. The van der Waals surface area contributed by atoms with Crippen molar-refractivity contribution in [2.24, 2.45) is 5.92 Å². The molecule has 0 radical (unpaired) electrons. The lowest BCUT2D eigenvalue weighted by atomic mass is 9.92. The zero-order chi connectivity index (χ0) is 23.5. The number of nitrogens with zero attached hydrogens (tertiary/aromatic N) is 6. The van der Waals surface area contributed by atoms with Crippen molar-refractivity contribution in [3.8, 4) is 6.07 Å². The Hall–Kier alpha value is -3.93. The minimum Gasteiger partial charge on any atom is -0.354 e. The van der Waals surface area contributed by atoms with Gasteiger partial charge in [0, 0.05) is 32.0 Å². The van der Waals surface area contributed by atoms with E-state index in [0.29, 0.717) is 30.5 Å². The second-order valence-electron chi connectivity index (χ2n) is 8.48. The number of likely N-dealkylation sites (tertiary alicyclic amines) is 1. The fourth-order valence-corrected chi connectivity index (χ4v) is 4.39. The van der Waals surface area contributed by atoms with Crippen LogP contribution in [0.1, 0.15) is 25.3 Å². The molecule has 3 aromatic rings. The number of para-hydroxylation sites is 1. The van der Waals surface area contributed by atoms with Crippen molar-refractivity contribution < 1.29 is 9.59 Å². The lowest BCUT2D eigenvalue weighted by Gasteiger charge is -2.42. The van der Waals surface area contributed by atoms with Crippen molar-refractivity contribution in [1.29, 1.82) is 5.26 Å². The molecular weight excluding hydrogens is 418 g/mol. The van der Waals surface area contributed by atoms with Gasteiger partial charge in [-0.2, -0.15) is 5.26 Å². The molecule has 2 atom stereocenters. The average Bonchev–Trinajstić information content (AvgIpc) is 3.25. The number of hydrogen-bond acceptors (Lipinski definition) is 6. The maximum Gasteiger partial charge on any atom is 0.331 e. The van der Waals surface area contributed by atoms with Gasteiger partial charge in [0.1, 0.15) is 18.6 Å². The van der Waals surface area contributed by atoms with E-state index in [1.54, 1.807) is 11.1 Å². The van der Waals surface area contributed by atoms with Gasteiger partial charge in [-0.3, -0.25) is 9.36 Å². The molecule has 1 N–H and O–H groups in total. The van der Waals surface area contributed by atoms with Crippen molar-refractivity contribution in [3.05, 3.63) is 48.4 Å². The van der Waals surface area contributed by atoms with Gasteiger partial charge in [0.15, 0.2) is 5.65 Å². The number of fused-ring (bicyclic) bond motifs is 1. The smallest absolute Gasteiger partial charge is 0.331 e. The van der Waals surface area contributed by atoms with Crippen LogP contribution >= 0.6 is 0 Å². The van der Waals surface area contributed by atoms with Gasteiger partial charge in [0.05, 0.1) is 17.5 Å². The molecule has 1 saturated heterocycles. The van der Waals surface area contributed by atoms with Crippen molar-refractivity contribution in [2.75, 3.05) is 30.4 Å². The largest absolute Gasteiger partial charge is 0.354 e. The quantitative estimate of drug-likeness (QED) is 0.660. The number of nitrogens with one attached hydrogen (secondary N) is 1. The molecule has 1 aliphatic heterocycles. The van der Waals surface area contributed by atoms with E-state index >= 15 is 0 Å². The molecule has 170 valence electrons. The number of rotatable bonds is 4. The van der Waals surface area contributed by atoms with Crippen LogP contribution in [0.5, 0.6) is 0 Å². The summed E-state index contributed by atoms with van der Waals surface area (Å²) >= 11 is 0. The zero-order valence-electron chi connectivity index (χ0n) is 19.0. The Morgan fingerprint density at radius 1 is 1.27 bits per heavy atom. The van der Waals surface area contributed by atoms with E-state index in [2.05, 4.69) is 27.1 Å². The third-order valence-electron chi connectivity index (χ3n) is 6.40. The van der Waals surface area contributed by atoms with E-state index in [0.717, 1.165) is 23.1 Å². The van der Waals surface area contributed by atoms with Crippen LogP contribution < -0.4 is 10.2 Å². The first kappa shape index (κ1) is 22.3. The summed E-state index contributed by atoms with van der Waals surface area (Å²) < 4.78 is 1.48.